The van der Waals surface area contributed by atoms with Crippen LogP contribution in [0.2, 0.25) is 0 Å². The topological polar surface area (TPSA) is 105 Å². The van der Waals surface area contributed by atoms with Crippen LogP contribution in [0.25, 0.3) is 11.2 Å². The van der Waals surface area contributed by atoms with Crippen LogP contribution in [0.5, 0.6) is 0 Å². The molecule has 98 valence electrons. The van der Waals surface area contributed by atoms with Crippen LogP contribution in [0.15, 0.2) is 24.3 Å². The number of nitrogens with zero attached hydrogens (tertiary/aromatic N) is 2. The van der Waals surface area contributed by atoms with Crippen molar-refractivity contribution in [3.63, 3.8) is 0 Å². The van der Waals surface area contributed by atoms with E-state index in [-0.39, 0.29) is 5.92 Å². The molecule has 0 amide bonds. The second kappa shape index (κ2) is 4.38. The first-order chi connectivity index (χ1) is 9.15. The van der Waals surface area contributed by atoms with E-state index in [0.29, 0.717) is 30.1 Å². The Labute approximate surface area is 109 Å². The van der Waals surface area contributed by atoms with Crippen LogP contribution in [0.1, 0.15) is 24.6 Å². The van der Waals surface area contributed by atoms with Gasteiger partial charge in [0, 0.05) is 5.92 Å². The molecule has 2 unspecified atom stereocenters. The number of fused-ring (bicyclic) bond motifs is 1. The molecule has 1 aliphatic carbocycles. The van der Waals surface area contributed by atoms with Crippen LogP contribution < -0.4 is 5.73 Å². The maximum absolute atomic E-state index is 11.3. The molecule has 6 nitrogen and oxygen atoms in total. The van der Waals surface area contributed by atoms with Crippen molar-refractivity contribution in [1.82, 2.24) is 15.0 Å². The van der Waals surface area contributed by atoms with E-state index in [1.165, 1.54) is 0 Å². The summed E-state index contributed by atoms with van der Waals surface area (Å²) in [6, 6.07) is 3.50. The van der Waals surface area contributed by atoms with Crippen molar-refractivity contribution in [3.05, 3.63) is 30.1 Å². The van der Waals surface area contributed by atoms with Crippen LogP contribution in [0.4, 0.5) is 5.82 Å². The third-order valence-electron chi connectivity index (χ3n) is 3.49. The minimum atomic E-state index is -0.790. The standard InChI is InChI=1S/C13H14N4O2/c14-10-6-5-9-12(16-10)17-11(15-9)7-3-1-2-4-8(7)13(18)19/h1-2,5-8H,3-4H2,(H,18,19)(H3,14,15,16,17). The Kier molecular flexibility index (Phi) is 2.70. The number of rotatable bonds is 2. The number of nitrogens with one attached hydrogen (secondary N) is 1. The molecule has 19 heavy (non-hydrogen) atoms. The molecular weight excluding hydrogens is 244 g/mol. The first-order valence-electron chi connectivity index (χ1n) is 6.15. The molecular formula is C13H14N4O2. The van der Waals surface area contributed by atoms with Crippen molar-refractivity contribution >= 4 is 23.0 Å². The Balaban J connectivity index is 2.02. The number of carbonyl (C=O) groups is 1. The molecule has 3 rings (SSSR count). The van der Waals surface area contributed by atoms with Crippen molar-refractivity contribution < 1.29 is 9.90 Å². The third-order valence-corrected chi connectivity index (χ3v) is 3.49. The first kappa shape index (κ1) is 11.7. The molecule has 0 saturated heterocycles. The van der Waals surface area contributed by atoms with Crippen molar-refractivity contribution in [2.45, 2.75) is 18.8 Å². The highest BCUT2D eigenvalue weighted by Crippen LogP contribution is 2.34. The van der Waals surface area contributed by atoms with Crippen LogP contribution in [0, 0.1) is 5.92 Å². The molecule has 0 spiro atoms. The maximum Gasteiger partial charge on any atom is 0.307 e. The van der Waals surface area contributed by atoms with Crippen molar-refractivity contribution in [2.75, 3.05) is 5.73 Å². The molecule has 0 aromatic carbocycles. The Morgan fingerprint density at radius 2 is 2.11 bits per heavy atom. The van der Waals surface area contributed by atoms with Gasteiger partial charge in [0.25, 0.3) is 0 Å². The Morgan fingerprint density at radius 3 is 2.89 bits per heavy atom. The smallest absolute Gasteiger partial charge is 0.307 e. The van der Waals surface area contributed by atoms with Gasteiger partial charge in [0.2, 0.25) is 0 Å². The highest BCUT2D eigenvalue weighted by molar-refractivity contribution is 5.74. The predicted octanol–water partition coefficient (Wildman–Crippen LogP) is 1.67. The number of carboxylic acids is 1. The van der Waals surface area contributed by atoms with E-state index >= 15 is 0 Å². The van der Waals surface area contributed by atoms with E-state index in [1.807, 2.05) is 18.2 Å². The van der Waals surface area contributed by atoms with Gasteiger partial charge >= 0.3 is 5.97 Å². The monoisotopic (exact) mass is 258 g/mol. The molecule has 2 heterocycles. The fourth-order valence-electron chi connectivity index (χ4n) is 2.49. The summed E-state index contributed by atoms with van der Waals surface area (Å²) in [6.45, 7) is 0. The summed E-state index contributed by atoms with van der Waals surface area (Å²) in [5.41, 5.74) is 6.93. The molecule has 0 bridgehead atoms. The lowest BCUT2D eigenvalue weighted by Crippen LogP contribution is -2.24. The number of anilines is 1. The summed E-state index contributed by atoms with van der Waals surface area (Å²) in [5.74, 6) is -0.295. The van der Waals surface area contributed by atoms with Crippen molar-refractivity contribution in [2.24, 2.45) is 5.92 Å². The Bertz CT molecular complexity index is 662. The molecule has 6 heteroatoms. The molecule has 4 N–H and O–H groups in total. The molecule has 0 radical (unpaired) electrons. The average Bonchev–Trinajstić information content (AvgIpc) is 2.81. The maximum atomic E-state index is 11.3. The fraction of sp³-hybridized carbons (Fsp3) is 0.308. The van der Waals surface area contributed by atoms with Gasteiger partial charge in [-0.05, 0) is 25.0 Å². The summed E-state index contributed by atoms with van der Waals surface area (Å²) in [5, 5.41) is 9.28. The number of hydrogen-bond acceptors (Lipinski definition) is 4. The van der Waals surface area contributed by atoms with Gasteiger partial charge in [-0.25, -0.2) is 9.97 Å². The first-order valence-corrected chi connectivity index (χ1v) is 6.15. The summed E-state index contributed by atoms with van der Waals surface area (Å²) in [4.78, 5) is 23.0. The highest BCUT2D eigenvalue weighted by atomic mass is 16.4. The van der Waals surface area contributed by atoms with Gasteiger partial charge in [-0.1, -0.05) is 12.2 Å². The lowest BCUT2D eigenvalue weighted by atomic mass is 9.82. The number of aromatic amines is 1. The molecule has 0 saturated carbocycles. The van der Waals surface area contributed by atoms with E-state index in [2.05, 4.69) is 15.0 Å². The van der Waals surface area contributed by atoms with E-state index < -0.39 is 11.9 Å². The van der Waals surface area contributed by atoms with E-state index in [0.717, 1.165) is 5.52 Å². The molecule has 2 atom stereocenters. The molecule has 0 aliphatic heterocycles. The Hall–Kier alpha value is -2.37. The fourth-order valence-corrected chi connectivity index (χ4v) is 2.49. The Morgan fingerprint density at radius 1 is 1.32 bits per heavy atom. The molecule has 0 fully saturated rings. The van der Waals surface area contributed by atoms with E-state index in [4.69, 9.17) is 5.73 Å². The quantitative estimate of drug-likeness (QED) is 0.711. The number of aliphatic carboxylic acids is 1. The second-order valence-electron chi connectivity index (χ2n) is 4.72. The second-order valence-corrected chi connectivity index (χ2v) is 4.72. The zero-order valence-corrected chi connectivity index (χ0v) is 10.2. The van der Waals surface area contributed by atoms with Gasteiger partial charge < -0.3 is 15.8 Å². The molecule has 2 aromatic rings. The SMILES string of the molecule is Nc1ccc2[nH]c(C3CC=CCC3C(=O)O)nc2n1. The van der Waals surface area contributed by atoms with Crippen LogP contribution in [-0.2, 0) is 4.79 Å². The summed E-state index contributed by atoms with van der Waals surface area (Å²) in [7, 11) is 0. The minimum Gasteiger partial charge on any atom is -0.481 e. The third kappa shape index (κ3) is 2.05. The van der Waals surface area contributed by atoms with E-state index in [9.17, 15) is 9.90 Å². The summed E-state index contributed by atoms with van der Waals surface area (Å²) < 4.78 is 0. The van der Waals surface area contributed by atoms with Crippen LogP contribution in [-0.4, -0.2) is 26.0 Å². The zero-order chi connectivity index (χ0) is 13.4. The van der Waals surface area contributed by atoms with Gasteiger partial charge in [0.05, 0.1) is 11.4 Å². The summed E-state index contributed by atoms with van der Waals surface area (Å²) >= 11 is 0. The number of aromatic nitrogens is 3. The number of H-pyrrole nitrogens is 1. The van der Waals surface area contributed by atoms with Gasteiger partial charge in [0.15, 0.2) is 5.65 Å². The predicted molar refractivity (Wildman–Crippen MR) is 70.5 cm³/mol. The van der Waals surface area contributed by atoms with Crippen LogP contribution in [0.3, 0.4) is 0 Å². The van der Waals surface area contributed by atoms with Gasteiger partial charge in [-0.15, -0.1) is 0 Å². The number of nitrogens with two attached hydrogens (primary N) is 1. The normalized spacial score (nSPS) is 22.7. The number of carboxylic acid groups (broad SMARTS) is 1. The largest absolute Gasteiger partial charge is 0.481 e. The lowest BCUT2D eigenvalue weighted by Gasteiger charge is -2.23. The van der Waals surface area contributed by atoms with Crippen molar-refractivity contribution in [1.29, 1.82) is 0 Å². The molecule has 2 aromatic heterocycles. The number of nitrogen functional groups attached to an aromatic ring is 1. The number of imidazole rings is 1. The van der Waals surface area contributed by atoms with Gasteiger partial charge in [-0.3, -0.25) is 4.79 Å². The minimum absolute atomic E-state index is 0.141. The lowest BCUT2D eigenvalue weighted by molar-refractivity contribution is -0.142. The number of hydrogen-bond donors (Lipinski definition) is 3. The van der Waals surface area contributed by atoms with Gasteiger partial charge in [-0.2, -0.15) is 0 Å². The van der Waals surface area contributed by atoms with Crippen molar-refractivity contribution in [3.8, 4) is 0 Å². The van der Waals surface area contributed by atoms with E-state index in [1.54, 1.807) is 6.07 Å². The average molecular weight is 258 g/mol. The summed E-state index contributed by atoms with van der Waals surface area (Å²) in [6.07, 6.45) is 5.12. The number of pyridine rings is 1. The molecule has 1 aliphatic rings. The van der Waals surface area contributed by atoms with Crippen LogP contribution >= 0.6 is 0 Å². The highest BCUT2D eigenvalue weighted by Gasteiger charge is 2.32. The van der Waals surface area contributed by atoms with Gasteiger partial charge in [0.1, 0.15) is 11.6 Å². The zero-order valence-electron chi connectivity index (χ0n) is 10.2. The number of allylic oxidation sites excluding steroid dienone is 2.